The van der Waals surface area contributed by atoms with Crippen molar-refractivity contribution in [3.8, 4) is 5.75 Å². The Bertz CT molecular complexity index is 1330. The zero-order chi connectivity index (χ0) is 30.5. The van der Waals surface area contributed by atoms with Crippen molar-refractivity contribution in [2.45, 2.75) is 63.3 Å². The number of aryl methyl sites for hydroxylation is 1. The van der Waals surface area contributed by atoms with Crippen LogP contribution in [0.5, 0.6) is 5.75 Å². The van der Waals surface area contributed by atoms with Gasteiger partial charge in [0, 0.05) is 37.2 Å². The molecule has 2 amide bonds. The fraction of sp³-hybridized carbons (Fsp3) is 0.500. The number of anilines is 1. The SMILES string of the molecule is Cc1ccc(S(=O)(=O)N(C)C[C@H]2Oc3ccc(NC(=O)CCC(F)(F)F)cc3CC(=O)N([C@H](C)CO)C[C@H]2C)cc1. The van der Waals surface area contributed by atoms with Crippen LogP contribution in [0.3, 0.4) is 0 Å². The van der Waals surface area contributed by atoms with Crippen molar-refractivity contribution in [3.05, 3.63) is 53.6 Å². The van der Waals surface area contributed by atoms with Crippen LogP contribution in [0.1, 0.15) is 37.8 Å². The van der Waals surface area contributed by atoms with E-state index in [0.29, 0.717) is 5.56 Å². The number of fused-ring (bicyclic) bond motifs is 1. The van der Waals surface area contributed by atoms with Gasteiger partial charge in [0.05, 0.1) is 36.9 Å². The van der Waals surface area contributed by atoms with Crippen molar-refractivity contribution >= 4 is 27.5 Å². The molecular weight excluding hydrogens is 563 g/mol. The molecule has 0 saturated heterocycles. The first-order valence-electron chi connectivity index (χ1n) is 13.2. The van der Waals surface area contributed by atoms with Gasteiger partial charge in [-0.05, 0) is 44.2 Å². The Morgan fingerprint density at radius 1 is 1.22 bits per heavy atom. The third-order valence-electron chi connectivity index (χ3n) is 7.00. The quantitative estimate of drug-likeness (QED) is 0.454. The fourth-order valence-corrected chi connectivity index (χ4v) is 5.63. The third-order valence-corrected chi connectivity index (χ3v) is 8.84. The number of amides is 2. The fourth-order valence-electron chi connectivity index (χ4n) is 4.45. The molecule has 3 rings (SSSR count). The Hall–Kier alpha value is -3.16. The van der Waals surface area contributed by atoms with E-state index < -0.39 is 47.1 Å². The highest BCUT2D eigenvalue weighted by Crippen LogP contribution is 2.30. The average Bonchev–Trinajstić information content (AvgIpc) is 2.94. The van der Waals surface area contributed by atoms with E-state index in [-0.39, 0.29) is 54.3 Å². The second kappa shape index (κ2) is 13.2. The van der Waals surface area contributed by atoms with Gasteiger partial charge in [-0.2, -0.15) is 17.5 Å². The van der Waals surface area contributed by atoms with E-state index in [1.165, 1.54) is 46.6 Å². The first kappa shape index (κ1) is 32.4. The van der Waals surface area contributed by atoms with Crippen LogP contribution in [-0.2, 0) is 26.0 Å². The van der Waals surface area contributed by atoms with Crippen LogP contribution in [0, 0.1) is 12.8 Å². The Labute approximate surface area is 238 Å². The normalized spacial score (nSPS) is 19.0. The van der Waals surface area contributed by atoms with E-state index >= 15 is 0 Å². The lowest BCUT2D eigenvalue weighted by Gasteiger charge is -2.33. The van der Waals surface area contributed by atoms with Crippen LogP contribution in [0.2, 0.25) is 0 Å². The summed E-state index contributed by atoms with van der Waals surface area (Å²) >= 11 is 0. The van der Waals surface area contributed by atoms with E-state index in [1.54, 1.807) is 19.1 Å². The maximum Gasteiger partial charge on any atom is 0.389 e. The molecule has 0 bridgehead atoms. The van der Waals surface area contributed by atoms with Crippen LogP contribution in [0.15, 0.2) is 47.4 Å². The lowest BCUT2D eigenvalue weighted by atomic mass is 10.0. The second-order valence-corrected chi connectivity index (χ2v) is 12.5. The number of likely N-dealkylation sites (N-methyl/N-ethyl adjacent to an activating group) is 1. The highest BCUT2D eigenvalue weighted by Gasteiger charge is 2.34. The number of nitrogens with one attached hydrogen (secondary N) is 1. The van der Waals surface area contributed by atoms with Gasteiger partial charge in [-0.25, -0.2) is 8.42 Å². The molecular formula is C28H36F3N3O6S. The molecule has 1 heterocycles. The molecule has 41 heavy (non-hydrogen) atoms. The van der Waals surface area contributed by atoms with E-state index in [9.17, 15) is 36.3 Å². The molecule has 9 nitrogen and oxygen atoms in total. The molecule has 0 saturated carbocycles. The van der Waals surface area contributed by atoms with Crippen molar-refractivity contribution in [2.24, 2.45) is 5.92 Å². The number of aliphatic hydroxyl groups excluding tert-OH is 1. The predicted octanol–water partition coefficient (Wildman–Crippen LogP) is 3.75. The van der Waals surface area contributed by atoms with E-state index in [0.717, 1.165) is 5.56 Å². The van der Waals surface area contributed by atoms with Crippen molar-refractivity contribution in [2.75, 3.05) is 32.1 Å². The van der Waals surface area contributed by atoms with Crippen molar-refractivity contribution in [1.29, 1.82) is 0 Å². The number of ether oxygens (including phenoxy) is 1. The van der Waals surface area contributed by atoms with Gasteiger partial charge in [-0.3, -0.25) is 9.59 Å². The van der Waals surface area contributed by atoms with Gasteiger partial charge >= 0.3 is 6.18 Å². The first-order valence-corrected chi connectivity index (χ1v) is 14.6. The van der Waals surface area contributed by atoms with Crippen molar-refractivity contribution < 1.29 is 41.0 Å². The van der Waals surface area contributed by atoms with Crippen LogP contribution < -0.4 is 10.1 Å². The molecule has 3 atom stereocenters. The Kier molecular flexibility index (Phi) is 10.4. The van der Waals surface area contributed by atoms with Crippen molar-refractivity contribution in [1.82, 2.24) is 9.21 Å². The lowest BCUT2D eigenvalue weighted by molar-refractivity contribution is -0.142. The Morgan fingerprint density at radius 3 is 2.49 bits per heavy atom. The number of alkyl halides is 3. The summed E-state index contributed by atoms with van der Waals surface area (Å²) in [4.78, 5) is 27.0. The molecule has 2 aromatic carbocycles. The Morgan fingerprint density at radius 2 is 1.88 bits per heavy atom. The van der Waals surface area contributed by atoms with Crippen LogP contribution in [0.25, 0.3) is 0 Å². The average molecular weight is 600 g/mol. The smallest absolute Gasteiger partial charge is 0.389 e. The monoisotopic (exact) mass is 599 g/mol. The number of rotatable bonds is 9. The second-order valence-electron chi connectivity index (χ2n) is 10.5. The van der Waals surface area contributed by atoms with E-state index in [2.05, 4.69) is 5.32 Å². The summed E-state index contributed by atoms with van der Waals surface area (Å²) in [5.41, 5.74) is 1.47. The van der Waals surface area contributed by atoms with Crippen LogP contribution in [0.4, 0.5) is 18.9 Å². The van der Waals surface area contributed by atoms with Gasteiger partial charge in [0.2, 0.25) is 21.8 Å². The highest BCUT2D eigenvalue weighted by atomic mass is 32.2. The molecule has 0 spiro atoms. The summed E-state index contributed by atoms with van der Waals surface area (Å²) in [6.45, 7) is 5.19. The van der Waals surface area contributed by atoms with Gasteiger partial charge in [0.25, 0.3) is 0 Å². The van der Waals surface area contributed by atoms with Gasteiger partial charge in [-0.15, -0.1) is 0 Å². The van der Waals surface area contributed by atoms with E-state index in [4.69, 9.17) is 4.74 Å². The molecule has 2 aromatic rings. The molecule has 0 aromatic heterocycles. The summed E-state index contributed by atoms with van der Waals surface area (Å²) in [5, 5.41) is 12.2. The minimum absolute atomic E-state index is 0.0533. The predicted molar refractivity (Wildman–Crippen MR) is 147 cm³/mol. The number of aliphatic hydroxyl groups is 1. The molecule has 226 valence electrons. The minimum atomic E-state index is -4.47. The zero-order valence-corrected chi connectivity index (χ0v) is 24.3. The topological polar surface area (TPSA) is 116 Å². The Balaban J connectivity index is 1.92. The summed E-state index contributed by atoms with van der Waals surface area (Å²) in [7, 11) is -2.42. The van der Waals surface area contributed by atoms with Gasteiger partial charge in [0.15, 0.2) is 0 Å². The molecule has 0 radical (unpaired) electrons. The minimum Gasteiger partial charge on any atom is -0.488 e. The summed E-state index contributed by atoms with van der Waals surface area (Å²) in [6, 6.07) is 10.3. The number of carbonyl (C=O) groups excluding carboxylic acids is 2. The number of sulfonamides is 1. The largest absolute Gasteiger partial charge is 0.488 e. The standard InChI is InChI=1S/C28H36F3N3O6S/c1-18-5-8-23(9-6-18)41(38,39)33(4)16-25-19(2)15-34(20(3)17-35)27(37)14-21-13-22(7-10-24(21)40-25)32-26(36)11-12-28(29,30)31/h5-10,13,19-20,25,35H,11-12,14-17H2,1-4H3,(H,32,36)/t19-,20-,25-/m1/s1. The molecule has 2 N–H and O–H groups in total. The molecule has 0 fully saturated rings. The van der Waals surface area contributed by atoms with Gasteiger partial charge in [-0.1, -0.05) is 24.6 Å². The number of nitrogens with zero attached hydrogens (tertiary/aromatic N) is 2. The van der Waals surface area contributed by atoms with Crippen molar-refractivity contribution in [3.63, 3.8) is 0 Å². The highest BCUT2D eigenvalue weighted by molar-refractivity contribution is 7.89. The molecule has 0 aliphatic carbocycles. The number of benzene rings is 2. The number of hydrogen-bond donors (Lipinski definition) is 2. The summed E-state index contributed by atoms with van der Waals surface area (Å²) in [5.74, 6) is -1.24. The molecule has 13 heteroatoms. The van der Waals surface area contributed by atoms with E-state index in [1.807, 2.05) is 13.8 Å². The third kappa shape index (κ3) is 8.66. The van der Waals surface area contributed by atoms with Gasteiger partial charge in [0.1, 0.15) is 11.9 Å². The number of hydrogen-bond acceptors (Lipinski definition) is 6. The number of halogens is 3. The summed E-state index contributed by atoms with van der Waals surface area (Å²) < 4.78 is 71.6. The molecule has 1 aliphatic rings. The number of carbonyl (C=O) groups is 2. The lowest BCUT2D eigenvalue weighted by Crippen LogP contribution is -2.48. The van der Waals surface area contributed by atoms with Gasteiger partial charge < -0.3 is 20.1 Å². The van der Waals surface area contributed by atoms with Crippen LogP contribution in [-0.4, -0.2) is 79.6 Å². The zero-order valence-electron chi connectivity index (χ0n) is 23.4. The maximum absolute atomic E-state index is 13.3. The maximum atomic E-state index is 13.3. The summed E-state index contributed by atoms with van der Waals surface area (Å²) in [6.07, 6.45) is -7.37. The van der Waals surface area contributed by atoms with Crippen LogP contribution >= 0.6 is 0 Å². The molecule has 1 aliphatic heterocycles. The first-order chi connectivity index (χ1) is 19.1. The molecule has 0 unspecified atom stereocenters.